The Hall–Kier alpha value is -3.90. The molecule has 11 heteroatoms. The summed E-state index contributed by atoms with van der Waals surface area (Å²) >= 11 is 0. The van der Waals surface area contributed by atoms with Gasteiger partial charge in [-0.15, -0.1) is 0 Å². The first-order chi connectivity index (χ1) is 23.3. The predicted octanol–water partition coefficient (Wildman–Crippen LogP) is 3.94. The first-order valence-electron chi connectivity index (χ1n) is 16.9. The van der Waals surface area contributed by atoms with Crippen LogP contribution in [0.15, 0.2) is 66.7 Å². The molecule has 2 saturated heterocycles. The highest BCUT2D eigenvalue weighted by Crippen LogP contribution is 2.36. The molecule has 6 rings (SSSR count). The molecule has 0 bridgehead atoms. The lowest BCUT2D eigenvalue weighted by atomic mass is 9.84. The number of piperidine rings is 1. The number of benzene rings is 3. The van der Waals surface area contributed by atoms with E-state index in [1.807, 2.05) is 42.5 Å². The van der Waals surface area contributed by atoms with Gasteiger partial charge in [-0.3, -0.25) is 4.79 Å². The van der Waals surface area contributed by atoms with Crippen LogP contribution in [-0.4, -0.2) is 99.9 Å². The number of fused-ring (bicyclic) bond motifs is 1. The standard InChI is InChI=1S/C37H47FN4O6/c1-25(39)37(44)42-22-33(43)36(27-8-10-30(11-9-27)48-31-13-15-41(21-31)29-6-3-5-28(38)20-29)35(23-42)47-24-26-7-12-34-32(19-26)40(16-18-46-34)14-4-17-45-2/h3,5-12,19-20,25,31,33,35-36,43H,4,13-18,21-24,39H2,1-2H3/t25?,31?,33-,35+,36+/m1/s1. The molecule has 0 aromatic heterocycles. The molecule has 3 aromatic carbocycles. The maximum absolute atomic E-state index is 13.7. The van der Waals surface area contributed by atoms with Crippen molar-refractivity contribution in [1.82, 2.24) is 4.90 Å². The average Bonchev–Trinajstić information content (AvgIpc) is 3.56. The number of halogens is 1. The molecule has 2 fully saturated rings. The highest BCUT2D eigenvalue weighted by atomic mass is 19.1. The first kappa shape index (κ1) is 34.0. The van der Waals surface area contributed by atoms with Crippen molar-refractivity contribution in [3.8, 4) is 11.5 Å². The number of amides is 1. The summed E-state index contributed by atoms with van der Waals surface area (Å²) in [7, 11) is 1.71. The lowest BCUT2D eigenvalue weighted by Crippen LogP contribution is -2.56. The average molecular weight is 663 g/mol. The number of aliphatic hydroxyl groups is 1. The molecule has 3 N–H and O–H groups in total. The monoisotopic (exact) mass is 662 g/mol. The van der Waals surface area contributed by atoms with Gasteiger partial charge in [0, 0.05) is 57.9 Å². The molecule has 2 unspecified atom stereocenters. The molecule has 3 heterocycles. The number of β-amino-alcohol motifs (C(OH)–C–C–N with tert-alkyl or cyclic N) is 1. The van der Waals surface area contributed by atoms with Crippen LogP contribution in [0.25, 0.3) is 0 Å². The predicted molar refractivity (Wildman–Crippen MR) is 182 cm³/mol. The van der Waals surface area contributed by atoms with Crippen LogP contribution < -0.4 is 25.0 Å². The van der Waals surface area contributed by atoms with Gasteiger partial charge in [0.25, 0.3) is 0 Å². The maximum Gasteiger partial charge on any atom is 0.239 e. The van der Waals surface area contributed by atoms with E-state index in [0.717, 1.165) is 66.5 Å². The Kier molecular flexibility index (Phi) is 11.0. The largest absolute Gasteiger partial charge is 0.490 e. The van der Waals surface area contributed by atoms with Gasteiger partial charge in [-0.2, -0.15) is 0 Å². The van der Waals surface area contributed by atoms with Crippen molar-refractivity contribution in [1.29, 1.82) is 0 Å². The summed E-state index contributed by atoms with van der Waals surface area (Å²) in [6.45, 7) is 6.92. The van der Waals surface area contributed by atoms with Crippen LogP contribution >= 0.6 is 0 Å². The van der Waals surface area contributed by atoms with Gasteiger partial charge in [0.2, 0.25) is 5.91 Å². The number of methoxy groups -OCH3 is 1. The van der Waals surface area contributed by atoms with Gasteiger partial charge >= 0.3 is 0 Å². The van der Waals surface area contributed by atoms with E-state index in [4.69, 9.17) is 24.7 Å². The van der Waals surface area contributed by atoms with Gasteiger partial charge in [-0.1, -0.05) is 24.3 Å². The van der Waals surface area contributed by atoms with Crippen molar-refractivity contribution in [2.45, 2.75) is 56.6 Å². The third-order valence-electron chi connectivity index (χ3n) is 9.43. The Labute approximate surface area is 282 Å². The van der Waals surface area contributed by atoms with Gasteiger partial charge in [-0.05, 0) is 66.9 Å². The second kappa shape index (κ2) is 15.5. The number of likely N-dealkylation sites (tertiary alicyclic amines) is 1. The molecule has 3 aliphatic heterocycles. The van der Waals surface area contributed by atoms with Gasteiger partial charge in [0.15, 0.2) is 0 Å². The van der Waals surface area contributed by atoms with Crippen LogP contribution in [0.3, 0.4) is 0 Å². The fraction of sp³-hybridized carbons (Fsp3) is 0.486. The van der Waals surface area contributed by atoms with Crippen molar-refractivity contribution in [3.05, 3.63) is 83.7 Å². The fourth-order valence-electron chi connectivity index (χ4n) is 6.99. The van der Waals surface area contributed by atoms with Crippen molar-refractivity contribution in [2.75, 3.05) is 69.4 Å². The quantitative estimate of drug-likeness (QED) is 0.279. The molecule has 0 spiro atoms. The van der Waals surface area contributed by atoms with Gasteiger partial charge < -0.3 is 44.5 Å². The number of nitrogens with two attached hydrogens (primary N) is 1. The molecular weight excluding hydrogens is 615 g/mol. The van der Waals surface area contributed by atoms with Crippen molar-refractivity contribution < 1.29 is 33.2 Å². The molecule has 10 nitrogen and oxygen atoms in total. The number of anilines is 2. The van der Waals surface area contributed by atoms with Crippen molar-refractivity contribution in [2.24, 2.45) is 5.73 Å². The fourth-order valence-corrected chi connectivity index (χ4v) is 6.99. The Bertz CT molecular complexity index is 1520. The number of carbonyl (C=O) groups excluding carboxylic acids is 1. The number of ether oxygens (including phenoxy) is 4. The van der Waals surface area contributed by atoms with Crippen molar-refractivity contribution >= 4 is 17.3 Å². The van der Waals surface area contributed by atoms with E-state index in [1.54, 1.807) is 31.1 Å². The Morgan fingerprint density at radius 2 is 1.92 bits per heavy atom. The molecule has 1 amide bonds. The lowest BCUT2D eigenvalue weighted by Gasteiger charge is -2.42. The minimum atomic E-state index is -0.846. The minimum absolute atomic E-state index is 0.0220. The molecule has 258 valence electrons. The molecule has 48 heavy (non-hydrogen) atoms. The van der Waals surface area contributed by atoms with E-state index < -0.39 is 18.2 Å². The number of aliphatic hydroxyl groups excluding tert-OH is 1. The van der Waals surface area contributed by atoms with E-state index in [1.165, 1.54) is 6.07 Å². The van der Waals surface area contributed by atoms with E-state index in [9.17, 15) is 14.3 Å². The Morgan fingerprint density at radius 3 is 2.69 bits per heavy atom. The number of hydrogen-bond acceptors (Lipinski definition) is 9. The zero-order chi connectivity index (χ0) is 33.6. The molecule has 3 aliphatic rings. The van der Waals surface area contributed by atoms with Gasteiger partial charge in [0.05, 0.1) is 43.6 Å². The second-order valence-corrected chi connectivity index (χ2v) is 13.0. The maximum atomic E-state index is 13.7. The van der Waals surface area contributed by atoms with Crippen LogP contribution in [0.4, 0.5) is 15.8 Å². The minimum Gasteiger partial charge on any atom is -0.490 e. The van der Waals surface area contributed by atoms with Crippen LogP contribution in [0, 0.1) is 5.82 Å². The molecule has 0 radical (unpaired) electrons. The van der Waals surface area contributed by atoms with Crippen molar-refractivity contribution in [3.63, 3.8) is 0 Å². The molecule has 0 saturated carbocycles. The van der Waals surface area contributed by atoms with E-state index in [2.05, 4.69) is 15.9 Å². The number of rotatable bonds is 12. The van der Waals surface area contributed by atoms with E-state index in [0.29, 0.717) is 32.9 Å². The summed E-state index contributed by atoms with van der Waals surface area (Å²) in [5, 5.41) is 11.4. The van der Waals surface area contributed by atoms with E-state index in [-0.39, 0.29) is 30.3 Å². The summed E-state index contributed by atoms with van der Waals surface area (Å²) in [5.74, 6) is 0.752. The summed E-state index contributed by atoms with van der Waals surface area (Å²) < 4.78 is 37.8. The third-order valence-corrected chi connectivity index (χ3v) is 9.43. The topological polar surface area (TPSA) is 110 Å². The summed E-state index contributed by atoms with van der Waals surface area (Å²) in [5.41, 5.74) is 9.72. The zero-order valence-corrected chi connectivity index (χ0v) is 27.8. The summed E-state index contributed by atoms with van der Waals surface area (Å²) in [6.07, 6.45) is 0.411. The molecule has 0 aliphatic carbocycles. The molecular formula is C37H47FN4O6. The smallest absolute Gasteiger partial charge is 0.239 e. The second-order valence-electron chi connectivity index (χ2n) is 13.0. The third kappa shape index (κ3) is 8.03. The Morgan fingerprint density at radius 1 is 1.08 bits per heavy atom. The first-order valence-corrected chi connectivity index (χ1v) is 16.9. The number of hydrogen-bond donors (Lipinski definition) is 2. The van der Waals surface area contributed by atoms with Crippen LogP contribution in [0.2, 0.25) is 0 Å². The highest BCUT2D eigenvalue weighted by molar-refractivity contribution is 5.81. The zero-order valence-electron chi connectivity index (χ0n) is 27.8. The summed E-state index contributed by atoms with van der Waals surface area (Å²) in [6, 6.07) is 19.8. The number of carbonyl (C=O) groups is 1. The normalized spacial score (nSPS) is 23.1. The lowest BCUT2D eigenvalue weighted by molar-refractivity contribution is -0.143. The summed E-state index contributed by atoms with van der Waals surface area (Å²) in [4.78, 5) is 19.0. The van der Waals surface area contributed by atoms with E-state index >= 15 is 0 Å². The molecule has 5 atom stereocenters. The van der Waals surface area contributed by atoms with Crippen LogP contribution in [-0.2, 0) is 20.9 Å². The van der Waals surface area contributed by atoms with Gasteiger partial charge in [-0.25, -0.2) is 4.39 Å². The Balaban J connectivity index is 1.14. The van der Waals surface area contributed by atoms with Crippen LogP contribution in [0.1, 0.15) is 36.8 Å². The SMILES string of the molecule is COCCCN1CCOc2ccc(CO[C@H]3CN(C(=O)C(C)N)C[C@@H](O)[C@@H]3c3ccc(OC4CCN(c5cccc(F)c5)C4)cc3)cc21. The van der Waals surface area contributed by atoms with Gasteiger partial charge in [0.1, 0.15) is 30.0 Å². The highest BCUT2D eigenvalue weighted by Gasteiger charge is 2.40. The molecule has 3 aromatic rings. The number of nitrogens with zero attached hydrogens (tertiary/aromatic N) is 3. The van der Waals surface area contributed by atoms with Crippen LogP contribution in [0.5, 0.6) is 11.5 Å².